The fourth-order valence-corrected chi connectivity index (χ4v) is 3.37. The first-order chi connectivity index (χ1) is 11.7. The third kappa shape index (κ3) is 4.79. The molecule has 0 saturated heterocycles. The molecule has 5 nitrogen and oxygen atoms in total. The molecule has 0 aromatic heterocycles. The van der Waals surface area contributed by atoms with Crippen LogP contribution in [0.5, 0.6) is 0 Å². The number of amides is 1. The van der Waals surface area contributed by atoms with Gasteiger partial charge in [0.05, 0.1) is 11.6 Å². The first-order valence-corrected chi connectivity index (χ1v) is 8.73. The number of benzene rings is 2. The van der Waals surface area contributed by atoms with E-state index in [2.05, 4.69) is 5.32 Å². The molecule has 130 valence electrons. The molecule has 2 aromatic rings. The molecule has 0 spiro atoms. The van der Waals surface area contributed by atoms with E-state index in [1.807, 2.05) is 6.07 Å². The van der Waals surface area contributed by atoms with Gasteiger partial charge in [-0.1, -0.05) is 0 Å². The van der Waals surface area contributed by atoms with Gasteiger partial charge in [-0.25, -0.2) is 4.39 Å². The number of anilines is 1. The van der Waals surface area contributed by atoms with E-state index in [1.165, 1.54) is 31.2 Å². The molecule has 2 N–H and O–H groups in total. The predicted molar refractivity (Wildman–Crippen MR) is 92.8 cm³/mol. The van der Waals surface area contributed by atoms with Crippen molar-refractivity contribution in [2.75, 3.05) is 11.1 Å². The average molecular weight is 360 g/mol. The monoisotopic (exact) mass is 360 g/mol. The SMILES string of the molecule is Cc1cc(NC(=O)C(C)(O)C[S+]([O-])c2ccc(F)cc2)ccc1C#N. The van der Waals surface area contributed by atoms with Gasteiger partial charge < -0.3 is 15.0 Å². The maximum Gasteiger partial charge on any atom is 0.261 e. The number of aryl methyl sites for hydroxylation is 1. The Morgan fingerprint density at radius 1 is 1.36 bits per heavy atom. The minimum atomic E-state index is -1.89. The maximum atomic E-state index is 12.9. The number of hydrogen-bond donors (Lipinski definition) is 2. The molecule has 0 radical (unpaired) electrons. The number of carbonyl (C=O) groups excluding carboxylic acids is 1. The van der Waals surface area contributed by atoms with Crippen LogP contribution in [-0.2, 0) is 16.0 Å². The molecule has 0 heterocycles. The third-order valence-electron chi connectivity index (χ3n) is 3.58. The van der Waals surface area contributed by atoms with Crippen molar-refractivity contribution in [3.05, 3.63) is 59.4 Å². The van der Waals surface area contributed by atoms with Gasteiger partial charge in [0.15, 0.2) is 10.5 Å². The van der Waals surface area contributed by atoms with Gasteiger partial charge in [-0.15, -0.1) is 0 Å². The number of rotatable bonds is 5. The van der Waals surface area contributed by atoms with Gasteiger partial charge in [0.1, 0.15) is 11.6 Å². The van der Waals surface area contributed by atoms with Crippen LogP contribution < -0.4 is 5.32 Å². The second-order valence-corrected chi connectivity index (χ2v) is 7.26. The topological polar surface area (TPSA) is 96.2 Å². The summed E-state index contributed by atoms with van der Waals surface area (Å²) in [5.41, 5.74) is -0.285. The Hall–Kier alpha value is -2.40. The summed E-state index contributed by atoms with van der Waals surface area (Å²) in [5, 5.41) is 21.8. The van der Waals surface area contributed by atoms with Crippen molar-refractivity contribution in [1.82, 2.24) is 0 Å². The van der Waals surface area contributed by atoms with Crippen molar-refractivity contribution in [3.8, 4) is 6.07 Å². The van der Waals surface area contributed by atoms with Gasteiger partial charge >= 0.3 is 0 Å². The van der Waals surface area contributed by atoms with Crippen LogP contribution in [0.3, 0.4) is 0 Å². The molecule has 0 aliphatic heterocycles. The zero-order valence-electron chi connectivity index (χ0n) is 13.7. The van der Waals surface area contributed by atoms with Gasteiger partial charge in [-0.05, 0) is 73.1 Å². The summed E-state index contributed by atoms with van der Waals surface area (Å²) in [6, 6.07) is 11.8. The van der Waals surface area contributed by atoms with Crippen LogP contribution in [0.15, 0.2) is 47.4 Å². The predicted octanol–water partition coefficient (Wildman–Crippen LogP) is 2.50. The lowest BCUT2D eigenvalue weighted by Crippen LogP contribution is -2.45. The van der Waals surface area contributed by atoms with E-state index in [1.54, 1.807) is 25.1 Å². The van der Waals surface area contributed by atoms with Crippen molar-refractivity contribution >= 4 is 22.8 Å². The van der Waals surface area contributed by atoms with E-state index in [9.17, 15) is 18.8 Å². The number of carbonyl (C=O) groups is 1. The smallest absolute Gasteiger partial charge is 0.261 e. The summed E-state index contributed by atoms with van der Waals surface area (Å²) in [7, 11) is 0. The largest absolute Gasteiger partial charge is 0.611 e. The molecular weight excluding hydrogens is 343 g/mol. The highest BCUT2D eigenvalue weighted by Crippen LogP contribution is 2.20. The summed E-state index contributed by atoms with van der Waals surface area (Å²) >= 11 is -1.67. The fraction of sp³-hybridized carbons (Fsp3) is 0.222. The number of nitrogens with one attached hydrogen (secondary N) is 1. The summed E-state index contributed by atoms with van der Waals surface area (Å²) < 4.78 is 25.2. The number of nitriles is 1. The molecular formula is C18H17FN2O3S. The molecule has 2 rings (SSSR count). The van der Waals surface area contributed by atoms with Gasteiger partial charge in [-0.3, -0.25) is 4.79 Å². The minimum Gasteiger partial charge on any atom is -0.611 e. The Kier molecular flexibility index (Phi) is 5.80. The molecule has 2 unspecified atom stereocenters. The molecule has 25 heavy (non-hydrogen) atoms. The van der Waals surface area contributed by atoms with E-state index in [-0.39, 0.29) is 5.75 Å². The molecule has 0 saturated carbocycles. The standard InChI is InChI=1S/C18H17FN2O3S/c1-12-9-15(6-3-13(12)10-20)21-17(22)18(2,23)11-25(24)16-7-4-14(19)5-8-16/h3-9,23H,11H2,1-2H3,(H,21,22). The summed E-state index contributed by atoms with van der Waals surface area (Å²) in [5.74, 6) is -1.51. The van der Waals surface area contributed by atoms with Crippen molar-refractivity contribution in [3.63, 3.8) is 0 Å². The van der Waals surface area contributed by atoms with E-state index in [0.29, 0.717) is 21.7 Å². The molecule has 0 aliphatic rings. The first-order valence-electron chi connectivity index (χ1n) is 7.41. The number of hydrogen-bond acceptors (Lipinski definition) is 4. The molecule has 1 amide bonds. The van der Waals surface area contributed by atoms with Crippen LogP contribution in [0.4, 0.5) is 10.1 Å². The van der Waals surface area contributed by atoms with Crippen LogP contribution in [0.25, 0.3) is 0 Å². The number of nitrogens with zero attached hydrogens (tertiary/aromatic N) is 1. The summed E-state index contributed by atoms with van der Waals surface area (Å²) in [6.45, 7) is 3.00. The summed E-state index contributed by atoms with van der Waals surface area (Å²) in [6.07, 6.45) is 0. The number of aliphatic hydroxyl groups is 1. The van der Waals surface area contributed by atoms with Crippen molar-refractivity contribution < 1.29 is 18.8 Å². The Bertz CT molecular complexity index is 816. The Balaban J connectivity index is 2.07. The lowest BCUT2D eigenvalue weighted by Gasteiger charge is -2.23. The van der Waals surface area contributed by atoms with Crippen LogP contribution in [-0.4, -0.2) is 26.9 Å². The van der Waals surface area contributed by atoms with Crippen molar-refractivity contribution in [2.24, 2.45) is 0 Å². The quantitative estimate of drug-likeness (QED) is 0.801. The van der Waals surface area contributed by atoms with Crippen LogP contribution >= 0.6 is 0 Å². The van der Waals surface area contributed by atoms with Gasteiger partial charge in [0.25, 0.3) is 5.91 Å². The minimum absolute atomic E-state index is 0.323. The highest BCUT2D eigenvalue weighted by Gasteiger charge is 2.36. The fourth-order valence-electron chi connectivity index (χ4n) is 2.12. The van der Waals surface area contributed by atoms with E-state index < -0.39 is 28.5 Å². The van der Waals surface area contributed by atoms with E-state index in [0.717, 1.165) is 0 Å². The third-order valence-corrected chi connectivity index (χ3v) is 5.20. The molecule has 0 fully saturated rings. The average Bonchev–Trinajstić information content (AvgIpc) is 2.55. The van der Waals surface area contributed by atoms with Gasteiger partial charge in [0, 0.05) is 5.69 Å². The zero-order valence-corrected chi connectivity index (χ0v) is 14.6. The van der Waals surface area contributed by atoms with Crippen molar-refractivity contribution in [2.45, 2.75) is 24.3 Å². The first kappa shape index (κ1) is 18.9. The molecule has 2 atom stereocenters. The molecule has 7 heteroatoms. The van der Waals surface area contributed by atoms with Crippen molar-refractivity contribution in [1.29, 1.82) is 5.26 Å². The van der Waals surface area contributed by atoms with E-state index >= 15 is 0 Å². The highest BCUT2D eigenvalue weighted by molar-refractivity contribution is 7.91. The second-order valence-electron chi connectivity index (χ2n) is 5.81. The molecule has 2 aromatic carbocycles. The molecule has 0 bridgehead atoms. The van der Waals surface area contributed by atoms with Crippen LogP contribution in [0.2, 0.25) is 0 Å². The Labute approximate surface area is 148 Å². The van der Waals surface area contributed by atoms with Crippen LogP contribution in [0, 0.1) is 24.1 Å². The zero-order chi connectivity index (χ0) is 18.6. The highest BCUT2D eigenvalue weighted by atomic mass is 32.2. The second kappa shape index (κ2) is 7.66. The van der Waals surface area contributed by atoms with Crippen LogP contribution in [0.1, 0.15) is 18.1 Å². The normalized spacial score (nSPS) is 14.2. The maximum absolute atomic E-state index is 12.9. The van der Waals surface area contributed by atoms with E-state index in [4.69, 9.17) is 5.26 Å². The summed E-state index contributed by atoms with van der Waals surface area (Å²) in [4.78, 5) is 12.6. The van der Waals surface area contributed by atoms with Gasteiger partial charge in [-0.2, -0.15) is 5.26 Å². The molecule has 0 aliphatic carbocycles. The number of halogens is 1. The Morgan fingerprint density at radius 2 is 2.00 bits per heavy atom. The van der Waals surface area contributed by atoms with Gasteiger partial charge in [0.2, 0.25) is 0 Å². The lowest BCUT2D eigenvalue weighted by atomic mass is 10.1. The lowest BCUT2D eigenvalue weighted by molar-refractivity contribution is -0.130. The Morgan fingerprint density at radius 3 is 2.56 bits per heavy atom.